The van der Waals surface area contributed by atoms with Crippen molar-refractivity contribution in [2.45, 2.75) is 12.6 Å². The average molecular weight is 114 g/mol. The summed E-state index contributed by atoms with van der Waals surface area (Å²) in [5.41, 5.74) is 3.31. The predicted octanol–water partition coefficient (Wildman–Crippen LogP) is -0.417. The molecule has 0 spiro atoms. The Balaban J connectivity index is 2.41. The molecular weight excluding hydrogens is 110 g/mol. The highest BCUT2D eigenvalue weighted by Crippen LogP contribution is 1.97. The summed E-state index contributed by atoms with van der Waals surface area (Å²) in [6, 6.07) is 0. The van der Waals surface area contributed by atoms with E-state index in [1.54, 1.807) is 0 Å². The van der Waals surface area contributed by atoms with Crippen molar-refractivity contribution < 1.29 is 4.92 Å². The molecule has 0 amide bonds. The van der Waals surface area contributed by atoms with Crippen molar-refractivity contribution in [3.63, 3.8) is 0 Å². The molecule has 43 valence electrons. The first-order chi connectivity index (χ1) is 3.80. The van der Waals surface area contributed by atoms with E-state index in [0.717, 1.165) is 0 Å². The molecule has 1 rings (SSSR count). The van der Waals surface area contributed by atoms with Gasteiger partial charge in [0.1, 0.15) is 0 Å². The van der Waals surface area contributed by atoms with E-state index in [9.17, 15) is 10.1 Å². The molecule has 0 N–H and O–H groups in total. The monoisotopic (exact) mass is 114 g/mol. The molecule has 1 unspecified atom stereocenters. The van der Waals surface area contributed by atoms with Crippen molar-refractivity contribution >= 4 is 6.21 Å². The van der Waals surface area contributed by atoms with E-state index in [-0.39, 0.29) is 0 Å². The molecule has 1 atom stereocenters. The second-order valence-corrected chi connectivity index (χ2v) is 1.42. The van der Waals surface area contributed by atoms with E-state index in [0.29, 0.717) is 6.42 Å². The summed E-state index contributed by atoms with van der Waals surface area (Å²) in [6.45, 7) is 0. The SMILES string of the molecule is O=[N+]([O-])C1CC=N[N]1. The topological polar surface area (TPSA) is 69.6 Å². The first-order valence-electron chi connectivity index (χ1n) is 2.16. The third-order valence-electron chi connectivity index (χ3n) is 0.841. The minimum atomic E-state index is -0.810. The van der Waals surface area contributed by atoms with Crippen LogP contribution in [0.2, 0.25) is 0 Å². The Kier molecular flexibility index (Phi) is 1.11. The number of nitrogens with zero attached hydrogens (tertiary/aromatic N) is 3. The zero-order chi connectivity index (χ0) is 5.98. The molecule has 0 aromatic heterocycles. The third kappa shape index (κ3) is 0.749. The molecule has 0 saturated carbocycles. The average Bonchev–Trinajstić information content (AvgIpc) is 2.12. The number of rotatable bonds is 1. The summed E-state index contributed by atoms with van der Waals surface area (Å²) in [5.74, 6) is 0. The van der Waals surface area contributed by atoms with Crippen molar-refractivity contribution in [3.05, 3.63) is 10.1 Å². The largest absolute Gasteiger partial charge is 0.325 e. The van der Waals surface area contributed by atoms with Crippen LogP contribution in [0.4, 0.5) is 0 Å². The summed E-state index contributed by atoms with van der Waals surface area (Å²) in [6.07, 6.45) is 0.968. The maximum atomic E-state index is 9.83. The standard InChI is InChI=1S/C3H4N3O2/c7-6(8)3-1-2-4-5-3/h2-3H,1H2. The molecule has 0 saturated heterocycles. The van der Waals surface area contributed by atoms with Gasteiger partial charge in [0.25, 0.3) is 0 Å². The Hall–Kier alpha value is -1.13. The van der Waals surface area contributed by atoms with Gasteiger partial charge in [-0.3, -0.25) is 10.1 Å². The Labute approximate surface area is 45.5 Å². The maximum Gasteiger partial charge on any atom is 0.325 e. The van der Waals surface area contributed by atoms with Crippen LogP contribution in [-0.2, 0) is 0 Å². The summed E-state index contributed by atoms with van der Waals surface area (Å²) < 4.78 is 0. The zero-order valence-electron chi connectivity index (χ0n) is 4.02. The summed E-state index contributed by atoms with van der Waals surface area (Å²) in [4.78, 5) is 9.38. The number of hydrogen-bond acceptors (Lipinski definition) is 3. The Morgan fingerprint density at radius 3 is 2.88 bits per heavy atom. The molecule has 1 aliphatic rings. The molecule has 0 fully saturated rings. The van der Waals surface area contributed by atoms with E-state index in [2.05, 4.69) is 10.5 Å². The first-order valence-corrected chi connectivity index (χ1v) is 2.16. The van der Waals surface area contributed by atoms with Crippen molar-refractivity contribution in [1.82, 2.24) is 5.43 Å². The zero-order valence-corrected chi connectivity index (χ0v) is 4.02. The van der Waals surface area contributed by atoms with Crippen LogP contribution >= 0.6 is 0 Å². The smallest absolute Gasteiger partial charge is 0.262 e. The lowest BCUT2D eigenvalue weighted by Crippen LogP contribution is -2.23. The van der Waals surface area contributed by atoms with Gasteiger partial charge in [-0.15, -0.1) is 5.43 Å². The molecule has 0 aliphatic carbocycles. The van der Waals surface area contributed by atoms with Crippen molar-refractivity contribution in [3.8, 4) is 0 Å². The van der Waals surface area contributed by atoms with Crippen LogP contribution in [-0.4, -0.2) is 17.3 Å². The van der Waals surface area contributed by atoms with Crippen LogP contribution in [0.25, 0.3) is 0 Å². The van der Waals surface area contributed by atoms with E-state index in [1.165, 1.54) is 6.21 Å². The van der Waals surface area contributed by atoms with Crippen molar-refractivity contribution in [1.29, 1.82) is 0 Å². The van der Waals surface area contributed by atoms with Gasteiger partial charge in [-0.1, -0.05) is 0 Å². The molecule has 5 nitrogen and oxygen atoms in total. The third-order valence-corrected chi connectivity index (χ3v) is 0.841. The van der Waals surface area contributed by atoms with E-state index < -0.39 is 11.1 Å². The van der Waals surface area contributed by atoms with Crippen molar-refractivity contribution in [2.24, 2.45) is 5.10 Å². The number of hydrogen-bond donors (Lipinski definition) is 0. The van der Waals surface area contributed by atoms with E-state index in [4.69, 9.17) is 0 Å². The van der Waals surface area contributed by atoms with Gasteiger partial charge in [0.2, 0.25) is 0 Å². The van der Waals surface area contributed by atoms with E-state index in [1.807, 2.05) is 0 Å². The van der Waals surface area contributed by atoms with Crippen LogP contribution in [0.3, 0.4) is 0 Å². The fourth-order valence-corrected chi connectivity index (χ4v) is 0.441. The molecule has 1 aliphatic heterocycles. The Morgan fingerprint density at radius 1 is 1.88 bits per heavy atom. The van der Waals surface area contributed by atoms with Crippen LogP contribution < -0.4 is 5.43 Å². The lowest BCUT2D eigenvalue weighted by Gasteiger charge is -1.93. The second-order valence-electron chi connectivity index (χ2n) is 1.42. The van der Waals surface area contributed by atoms with Crippen LogP contribution in [0.5, 0.6) is 0 Å². The highest BCUT2D eigenvalue weighted by molar-refractivity contribution is 5.59. The molecule has 0 aromatic carbocycles. The second kappa shape index (κ2) is 1.77. The molecule has 8 heavy (non-hydrogen) atoms. The van der Waals surface area contributed by atoms with Crippen LogP contribution in [0, 0.1) is 10.1 Å². The summed E-state index contributed by atoms with van der Waals surface area (Å²) >= 11 is 0. The molecule has 0 aromatic rings. The highest BCUT2D eigenvalue weighted by Gasteiger charge is 2.22. The molecule has 1 heterocycles. The van der Waals surface area contributed by atoms with Gasteiger partial charge in [0.15, 0.2) is 0 Å². The fourth-order valence-electron chi connectivity index (χ4n) is 0.441. The fraction of sp³-hybridized carbons (Fsp3) is 0.667. The van der Waals surface area contributed by atoms with Gasteiger partial charge in [-0.2, -0.15) is 5.10 Å². The maximum absolute atomic E-state index is 9.83. The van der Waals surface area contributed by atoms with Gasteiger partial charge in [-0.25, -0.2) is 0 Å². The van der Waals surface area contributed by atoms with Gasteiger partial charge >= 0.3 is 6.17 Å². The molecule has 1 radical (unpaired) electrons. The Bertz CT molecular complexity index is 124. The van der Waals surface area contributed by atoms with Crippen molar-refractivity contribution in [2.75, 3.05) is 0 Å². The van der Waals surface area contributed by atoms with Gasteiger partial charge in [0.05, 0.1) is 6.42 Å². The van der Waals surface area contributed by atoms with Gasteiger partial charge < -0.3 is 0 Å². The summed E-state index contributed by atoms with van der Waals surface area (Å²) in [7, 11) is 0. The first kappa shape index (κ1) is 5.02. The van der Waals surface area contributed by atoms with Crippen LogP contribution in [0.15, 0.2) is 5.10 Å². The van der Waals surface area contributed by atoms with E-state index >= 15 is 0 Å². The van der Waals surface area contributed by atoms with Gasteiger partial charge in [-0.05, 0) is 0 Å². The molecule has 0 bridgehead atoms. The predicted molar refractivity (Wildman–Crippen MR) is 26.0 cm³/mol. The quantitative estimate of drug-likeness (QED) is 0.343. The summed E-state index contributed by atoms with van der Waals surface area (Å²) in [5, 5.41) is 13.2. The minimum Gasteiger partial charge on any atom is -0.262 e. The molecule has 5 heteroatoms. The lowest BCUT2D eigenvalue weighted by molar-refractivity contribution is -0.526. The highest BCUT2D eigenvalue weighted by atomic mass is 16.6. The Morgan fingerprint density at radius 2 is 2.62 bits per heavy atom. The lowest BCUT2D eigenvalue weighted by atomic mass is 10.4. The molecular formula is C3H4N3O2. The minimum absolute atomic E-state index is 0.340. The normalized spacial score (nSPS) is 25.2. The van der Waals surface area contributed by atoms with Crippen LogP contribution in [0.1, 0.15) is 6.42 Å². The van der Waals surface area contributed by atoms with Gasteiger partial charge in [0, 0.05) is 11.1 Å². The number of nitro groups is 1.